The van der Waals surface area contributed by atoms with Gasteiger partial charge in [-0.2, -0.15) is 26.3 Å². The van der Waals surface area contributed by atoms with Crippen LogP contribution in [0.4, 0.5) is 26.3 Å². The van der Waals surface area contributed by atoms with Crippen molar-refractivity contribution in [2.75, 3.05) is 6.54 Å². The standard InChI is InChI=1S/C41H51B2F6N3O12S/c1-35(2,3)59-34(57)29(12-15-33(56)60-52-31(54)13-14-32(52)55)51-30(53)22-50-65(58,27-18-23(40(44,45)46)16-25(20-27)42-61-36(4,5)37(6,7)62-42)28-19-24(41(47,48)49)17-26(21-28)43-63-38(8,9)39(10,11)64-43/h16-21,29H,12-15,22H2,1-11H3,(H,51,53)/t29-/m0/s1. The fourth-order valence-corrected chi connectivity index (χ4v) is 8.52. The number of hydrogen-bond donors (Lipinski definition) is 1. The quantitative estimate of drug-likeness (QED) is 0.124. The SMILES string of the molecule is CC(C)(C)OC(=O)[C@H](CCC(=O)ON1C(=O)CCC1=O)NC(=O)CN=S(=O)(c1cc(B2OC(C)(C)C(C)(C)O2)cc(C(F)(F)F)c1)c1cc(B2OC(C)(C)C(C)(C)O2)cc(C(F)(F)F)c1. The molecular weight excluding hydrogens is 894 g/mol. The number of carbonyl (C=O) groups excluding carboxylic acids is 5. The third-order valence-corrected chi connectivity index (χ3v) is 13.7. The molecule has 0 saturated carbocycles. The molecule has 1 atom stereocenters. The summed E-state index contributed by atoms with van der Waals surface area (Å²) >= 11 is 0. The number of carbonyl (C=O) groups is 5. The first-order chi connectivity index (χ1) is 29.4. The Morgan fingerprint density at radius 3 is 1.51 bits per heavy atom. The van der Waals surface area contributed by atoms with Crippen molar-refractivity contribution in [1.29, 1.82) is 0 Å². The van der Waals surface area contributed by atoms with Crippen molar-refractivity contribution >= 4 is 64.6 Å². The average Bonchev–Trinajstić information content (AvgIpc) is 3.69. The molecule has 5 rings (SSSR count). The molecule has 2 aromatic carbocycles. The molecule has 0 aliphatic carbocycles. The van der Waals surface area contributed by atoms with Gasteiger partial charge >= 0.3 is 38.5 Å². The summed E-state index contributed by atoms with van der Waals surface area (Å²) in [6.07, 6.45) is -11.9. The van der Waals surface area contributed by atoms with Crippen LogP contribution in [0.3, 0.4) is 0 Å². The molecule has 24 heteroatoms. The highest BCUT2D eigenvalue weighted by Crippen LogP contribution is 2.40. The van der Waals surface area contributed by atoms with Gasteiger partial charge in [0.2, 0.25) is 5.91 Å². The molecule has 3 aliphatic heterocycles. The Labute approximate surface area is 373 Å². The van der Waals surface area contributed by atoms with E-state index in [2.05, 4.69) is 9.68 Å². The third kappa shape index (κ3) is 11.5. The Morgan fingerprint density at radius 2 is 1.14 bits per heavy atom. The van der Waals surface area contributed by atoms with Gasteiger partial charge in [0.15, 0.2) is 0 Å². The van der Waals surface area contributed by atoms with Gasteiger partial charge in [0.25, 0.3) is 11.8 Å². The van der Waals surface area contributed by atoms with Gasteiger partial charge < -0.3 is 33.5 Å². The first-order valence-electron chi connectivity index (χ1n) is 20.4. The number of amides is 3. The largest absolute Gasteiger partial charge is 0.494 e. The predicted octanol–water partition coefficient (Wildman–Crippen LogP) is 5.42. The lowest BCUT2D eigenvalue weighted by Gasteiger charge is -2.32. The summed E-state index contributed by atoms with van der Waals surface area (Å²) in [6.45, 7) is 16.2. The second kappa shape index (κ2) is 17.6. The van der Waals surface area contributed by atoms with E-state index in [-0.39, 0.29) is 28.8 Å². The van der Waals surface area contributed by atoms with Crippen LogP contribution in [-0.4, -0.2) is 93.8 Å². The van der Waals surface area contributed by atoms with Crippen LogP contribution in [0.1, 0.15) is 113 Å². The van der Waals surface area contributed by atoms with Gasteiger partial charge in [0.1, 0.15) is 27.9 Å². The van der Waals surface area contributed by atoms with Crippen LogP contribution in [0, 0.1) is 0 Å². The second-order valence-electron chi connectivity index (χ2n) is 18.8. The summed E-state index contributed by atoms with van der Waals surface area (Å²) < 4.78 is 137. The Hall–Kier alpha value is -4.51. The van der Waals surface area contributed by atoms with Crippen LogP contribution in [-0.2, 0) is 74.2 Å². The number of alkyl halides is 6. The van der Waals surface area contributed by atoms with E-state index in [9.17, 15) is 50.3 Å². The average molecular weight is 946 g/mol. The van der Waals surface area contributed by atoms with E-state index >= 15 is 4.21 Å². The van der Waals surface area contributed by atoms with Gasteiger partial charge in [-0.15, -0.1) is 5.06 Å². The van der Waals surface area contributed by atoms with Crippen molar-refractivity contribution < 1.29 is 82.7 Å². The molecule has 0 spiro atoms. The summed E-state index contributed by atoms with van der Waals surface area (Å²) in [5.41, 5.74) is -8.94. The van der Waals surface area contributed by atoms with Gasteiger partial charge in [0.05, 0.1) is 49.7 Å². The van der Waals surface area contributed by atoms with Crippen molar-refractivity contribution in [1.82, 2.24) is 10.4 Å². The molecule has 2 aromatic rings. The normalized spacial score (nSPS) is 19.9. The smallest absolute Gasteiger partial charge is 0.458 e. The fourth-order valence-electron chi connectivity index (χ4n) is 6.49. The van der Waals surface area contributed by atoms with Crippen LogP contribution >= 0.6 is 0 Å². The van der Waals surface area contributed by atoms with Crippen molar-refractivity contribution in [2.24, 2.45) is 4.36 Å². The van der Waals surface area contributed by atoms with Crippen molar-refractivity contribution in [3.8, 4) is 0 Å². The number of benzene rings is 2. The molecular formula is C41H51B2F6N3O12S. The van der Waals surface area contributed by atoms with Gasteiger partial charge in [-0.25, -0.2) is 18.2 Å². The summed E-state index contributed by atoms with van der Waals surface area (Å²) in [4.78, 5) is 66.9. The lowest BCUT2D eigenvalue weighted by Crippen LogP contribution is -2.45. The molecule has 0 unspecified atom stereocenters. The number of nitrogens with zero attached hydrogens (tertiary/aromatic N) is 2. The molecule has 3 saturated heterocycles. The van der Waals surface area contributed by atoms with E-state index in [1.165, 1.54) is 20.8 Å². The highest BCUT2D eigenvalue weighted by atomic mass is 32.2. The number of hydrogen-bond acceptors (Lipinski definition) is 13. The molecule has 356 valence electrons. The molecule has 3 aliphatic rings. The van der Waals surface area contributed by atoms with Crippen molar-refractivity contribution in [3.63, 3.8) is 0 Å². The first kappa shape index (κ1) is 51.5. The number of esters is 1. The van der Waals surface area contributed by atoms with Crippen molar-refractivity contribution in [2.45, 2.75) is 158 Å². The van der Waals surface area contributed by atoms with Crippen LogP contribution in [0.5, 0.6) is 0 Å². The second-order valence-corrected chi connectivity index (χ2v) is 21.1. The maximum atomic E-state index is 15.7. The maximum Gasteiger partial charge on any atom is 0.494 e. The number of rotatable bonds is 12. The van der Waals surface area contributed by atoms with E-state index in [1.54, 1.807) is 55.4 Å². The monoisotopic (exact) mass is 945 g/mol. The minimum Gasteiger partial charge on any atom is -0.458 e. The number of hydroxylamine groups is 2. The topological polar surface area (TPSA) is 185 Å². The number of ether oxygens (including phenoxy) is 1. The molecule has 65 heavy (non-hydrogen) atoms. The maximum absolute atomic E-state index is 15.7. The summed E-state index contributed by atoms with van der Waals surface area (Å²) in [5.74, 6) is -5.03. The molecule has 3 fully saturated rings. The Balaban J connectivity index is 1.64. The van der Waals surface area contributed by atoms with E-state index in [0.29, 0.717) is 24.3 Å². The summed E-state index contributed by atoms with van der Waals surface area (Å²) in [6, 6.07) is 2.47. The first-order valence-corrected chi connectivity index (χ1v) is 21.9. The van der Waals surface area contributed by atoms with Crippen LogP contribution in [0.25, 0.3) is 0 Å². The zero-order chi connectivity index (χ0) is 49.1. The Morgan fingerprint density at radius 1 is 0.738 bits per heavy atom. The van der Waals surface area contributed by atoms with Crippen LogP contribution in [0.2, 0.25) is 0 Å². The van der Waals surface area contributed by atoms with Crippen LogP contribution in [0.15, 0.2) is 50.6 Å². The summed E-state index contributed by atoms with van der Waals surface area (Å²) in [5, 5.41) is 2.55. The van der Waals surface area contributed by atoms with E-state index < -0.39 is 140 Å². The minimum atomic E-state index is -5.13. The molecule has 3 heterocycles. The number of imide groups is 1. The zero-order valence-corrected chi connectivity index (χ0v) is 38.5. The molecule has 15 nitrogen and oxygen atoms in total. The van der Waals surface area contributed by atoms with Gasteiger partial charge in [-0.1, -0.05) is 12.1 Å². The van der Waals surface area contributed by atoms with E-state index in [1.807, 2.05) is 0 Å². The predicted molar refractivity (Wildman–Crippen MR) is 220 cm³/mol. The van der Waals surface area contributed by atoms with E-state index in [0.717, 1.165) is 12.1 Å². The number of halogens is 6. The third-order valence-electron chi connectivity index (χ3n) is 11.5. The zero-order valence-electron chi connectivity index (χ0n) is 37.7. The Bertz CT molecular complexity index is 2220. The minimum absolute atomic E-state index is 0.198. The lowest BCUT2D eigenvalue weighted by atomic mass is 9.78. The van der Waals surface area contributed by atoms with Crippen LogP contribution < -0.4 is 16.2 Å². The van der Waals surface area contributed by atoms with Gasteiger partial charge in [0, 0.05) is 12.8 Å². The van der Waals surface area contributed by atoms with Gasteiger partial charge in [-0.3, -0.25) is 14.4 Å². The molecule has 0 aromatic heterocycles. The van der Waals surface area contributed by atoms with E-state index in [4.69, 9.17) is 28.2 Å². The number of nitrogens with one attached hydrogen (secondary N) is 1. The highest BCUT2D eigenvalue weighted by molar-refractivity contribution is 7.93. The molecule has 0 bridgehead atoms. The molecule has 0 radical (unpaired) electrons. The van der Waals surface area contributed by atoms with Crippen molar-refractivity contribution in [3.05, 3.63) is 47.5 Å². The molecule has 3 amide bonds. The Kier molecular flexibility index (Phi) is 13.9. The highest BCUT2D eigenvalue weighted by Gasteiger charge is 2.54. The summed E-state index contributed by atoms with van der Waals surface area (Å²) in [7, 11) is -7.78. The molecule has 1 N–H and O–H groups in total. The van der Waals surface area contributed by atoms with Gasteiger partial charge in [-0.05, 0) is 118 Å². The fraction of sp³-hybridized carbons (Fsp3) is 0.585. The lowest BCUT2D eigenvalue weighted by molar-refractivity contribution is -0.197.